The normalized spacial score (nSPS) is 19.1. The SMILES string of the molecule is O=C(O)C(/C=C/C1(c2c(Cc3ccccc3)oc3ccccc23)C=CC(c2ccccc2)C=C1)Cc1ccccc1. The van der Waals surface area contributed by atoms with Gasteiger partial charge in [-0.05, 0) is 29.2 Å². The molecule has 41 heavy (non-hydrogen) atoms. The zero-order chi connectivity index (χ0) is 28.1. The number of fused-ring (bicyclic) bond motifs is 1. The number of benzene rings is 4. The molecule has 1 unspecified atom stereocenters. The predicted octanol–water partition coefficient (Wildman–Crippen LogP) is 8.67. The monoisotopic (exact) mass is 536 g/mol. The number of para-hydroxylation sites is 1. The first-order chi connectivity index (χ1) is 20.1. The Morgan fingerprint density at radius 3 is 2.02 bits per heavy atom. The second-order valence-electron chi connectivity index (χ2n) is 10.6. The van der Waals surface area contributed by atoms with Crippen LogP contribution < -0.4 is 0 Å². The fourth-order valence-corrected chi connectivity index (χ4v) is 5.76. The highest BCUT2D eigenvalue weighted by Gasteiger charge is 2.34. The molecule has 202 valence electrons. The molecule has 1 aromatic heterocycles. The summed E-state index contributed by atoms with van der Waals surface area (Å²) in [6.45, 7) is 0. The molecule has 0 spiro atoms. The minimum atomic E-state index is -0.840. The number of rotatable bonds is 9. The summed E-state index contributed by atoms with van der Waals surface area (Å²) >= 11 is 0. The van der Waals surface area contributed by atoms with Gasteiger partial charge >= 0.3 is 5.97 Å². The quantitative estimate of drug-likeness (QED) is 0.192. The van der Waals surface area contributed by atoms with Gasteiger partial charge in [-0.25, -0.2) is 0 Å². The first kappa shape index (κ1) is 26.3. The lowest BCUT2D eigenvalue weighted by Crippen LogP contribution is -2.24. The zero-order valence-corrected chi connectivity index (χ0v) is 22.8. The summed E-state index contributed by atoms with van der Waals surface area (Å²) < 4.78 is 6.52. The number of hydrogen-bond acceptors (Lipinski definition) is 2. The standard InChI is InChI=1S/C38H32O3/c39-37(40)32(26-28-12-4-1-5-13-28)22-25-38(23-20-31(21-24-38)30-16-8-3-9-17-30)36-33-18-10-11-19-34(33)41-35(36)27-29-14-6-2-7-15-29/h1-25,31-32H,26-27H2,(H,39,40)/b25-22+. The van der Waals surface area contributed by atoms with Crippen molar-refractivity contribution in [3.05, 3.63) is 180 Å². The Labute approximate surface area is 240 Å². The Hall–Kier alpha value is -4.89. The van der Waals surface area contributed by atoms with E-state index in [-0.39, 0.29) is 5.92 Å². The lowest BCUT2D eigenvalue weighted by molar-refractivity contribution is -0.140. The maximum Gasteiger partial charge on any atom is 0.310 e. The van der Waals surface area contributed by atoms with Crippen molar-refractivity contribution in [1.82, 2.24) is 0 Å². The van der Waals surface area contributed by atoms with E-state index in [1.807, 2.05) is 78.9 Å². The second kappa shape index (κ2) is 11.7. The van der Waals surface area contributed by atoms with Crippen LogP contribution in [0.3, 0.4) is 0 Å². The van der Waals surface area contributed by atoms with Crippen LogP contribution in [0.2, 0.25) is 0 Å². The van der Waals surface area contributed by atoms with Gasteiger partial charge in [0.25, 0.3) is 0 Å². The molecule has 1 heterocycles. The average Bonchev–Trinajstić information content (AvgIpc) is 3.39. The van der Waals surface area contributed by atoms with E-state index in [4.69, 9.17) is 4.42 Å². The molecule has 0 radical (unpaired) electrons. The maximum absolute atomic E-state index is 12.4. The van der Waals surface area contributed by atoms with Crippen LogP contribution in [0.25, 0.3) is 11.0 Å². The average molecular weight is 537 g/mol. The summed E-state index contributed by atoms with van der Waals surface area (Å²) in [6, 6.07) is 38.6. The van der Waals surface area contributed by atoms with Crippen LogP contribution >= 0.6 is 0 Å². The minimum absolute atomic E-state index is 0.132. The number of carbonyl (C=O) groups is 1. The summed E-state index contributed by atoms with van der Waals surface area (Å²) in [6.07, 6.45) is 13.9. The largest absolute Gasteiger partial charge is 0.481 e. The number of carboxylic acid groups (broad SMARTS) is 1. The van der Waals surface area contributed by atoms with Gasteiger partial charge < -0.3 is 9.52 Å². The van der Waals surface area contributed by atoms with Gasteiger partial charge in [-0.3, -0.25) is 4.79 Å². The molecule has 0 aliphatic heterocycles. The minimum Gasteiger partial charge on any atom is -0.481 e. The van der Waals surface area contributed by atoms with Crippen molar-refractivity contribution in [2.75, 3.05) is 0 Å². The third-order valence-corrected chi connectivity index (χ3v) is 7.87. The van der Waals surface area contributed by atoms with Gasteiger partial charge in [0, 0.05) is 23.3 Å². The molecule has 1 atom stereocenters. The second-order valence-corrected chi connectivity index (χ2v) is 10.6. The van der Waals surface area contributed by atoms with Crippen LogP contribution in [0, 0.1) is 5.92 Å². The topological polar surface area (TPSA) is 50.4 Å². The van der Waals surface area contributed by atoms with Gasteiger partial charge in [-0.15, -0.1) is 0 Å². The number of furan rings is 1. The number of hydrogen-bond donors (Lipinski definition) is 1. The molecule has 0 fully saturated rings. The molecule has 0 amide bonds. The van der Waals surface area contributed by atoms with E-state index in [2.05, 4.69) is 72.8 Å². The third kappa shape index (κ3) is 5.71. The Bertz CT molecular complexity index is 1700. The van der Waals surface area contributed by atoms with Gasteiger partial charge in [-0.2, -0.15) is 0 Å². The number of carboxylic acids is 1. The summed E-state index contributed by atoms with van der Waals surface area (Å²) in [5.74, 6) is -0.496. The summed E-state index contributed by atoms with van der Waals surface area (Å²) in [5, 5.41) is 11.2. The maximum atomic E-state index is 12.4. The van der Waals surface area contributed by atoms with Gasteiger partial charge in [-0.1, -0.05) is 146 Å². The van der Waals surface area contributed by atoms with Crippen LogP contribution in [0.15, 0.2) is 156 Å². The lowest BCUT2D eigenvalue weighted by Gasteiger charge is -2.30. The first-order valence-corrected chi connectivity index (χ1v) is 14.1. The zero-order valence-electron chi connectivity index (χ0n) is 22.8. The smallest absolute Gasteiger partial charge is 0.310 e. The van der Waals surface area contributed by atoms with Crippen molar-refractivity contribution in [3.63, 3.8) is 0 Å². The molecule has 3 heteroatoms. The van der Waals surface area contributed by atoms with Crippen LogP contribution in [0.1, 0.15) is 33.9 Å². The van der Waals surface area contributed by atoms with E-state index in [1.165, 1.54) is 5.56 Å². The van der Waals surface area contributed by atoms with Crippen molar-refractivity contribution in [3.8, 4) is 0 Å². The van der Waals surface area contributed by atoms with E-state index in [9.17, 15) is 9.90 Å². The summed E-state index contributed by atoms with van der Waals surface area (Å²) in [4.78, 5) is 12.4. The molecule has 1 aliphatic carbocycles. The molecular weight excluding hydrogens is 504 g/mol. The molecule has 0 bridgehead atoms. The number of aliphatic carboxylic acids is 1. The highest BCUT2D eigenvalue weighted by atomic mass is 16.4. The highest BCUT2D eigenvalue weighted by Crippen LogP contribution is 2.43. The van der Waals surface area contributed by atoms with Gasteiger partial charge in [0.15, 0.2) is 0 Å². The predicted molar refractivity (Wildman–Crippen MR) is 165 cm³/mol. The Balaban J connectivity index is 1.47. The molecule has 5 aromatic rings. The molecule has 0 saturated carbocycles. The molecular formula is C38H32O3. The fourth-order valence-electron chi connectivity index (χ4n) is 5.76. The van der Waals surface area contributed by atoms with Crippen molar-refractivity contribution in [2.45, 2.75) is 24.2 Å². The van der Waals surface area contributed by atoms with Crippen molar-refractivity contribution in [2.24, 2.45) is 5.92 Å². The van der Waals surface area contributed by atoms with E-state index < -0.39 is 17.3 Å². The van der Waals surface area contributed by atoms with Crippen molar-refractivity contribution in [1.29, 1.82) is 0 Å². The summed E-state index contributed by atoms with van der Waals surface area (Å²) in [5.41, 5.74) is 4.57. The van der Waals surface area contributed by atoms with Crippen molar-refractivity contribution >= 4 is 16.9 Å². The van der Waals surface area contributed by atoms with Crippen LogP contribution in [0.5, 0.6) is 0 Å². The Morgan fingerprint density at radius 2 is 1.37 bits per heavy atom. The van der Waals surface area contributed by atoms with E-state index in [1.54, 1.807) is 0 Å². The Kier molecular flexibility index (Phi) is 7.51. The molecule has 4 aromatic carbocycles. The molecule has 3 nitrogen and oxygen atoms in total. The van der Waals surface area contributed by atoms with E-state index >= 15 is 0 Å². The van der Waals surface area contributed by atoms with E-state index in [0.29, 0.717) is 12.8 Å². The van der Waals surface area contributed by atoms with Crippen LogP contribution in [0.4, 0.5) is 0 Å². The molecule has 1 aliphatic rings. The van der Waals surface area contributed by atoms with Gasteiger partial charge in [0.2, 0.25) is 0 Å². The first-order valence-electron chi connectivity index (χ1n) is 14.1. The molecule has 6 rings (SSSR count). The van der Waals surface area contributed by atoms with Gasteiger partial charge in [0.1, 0.15) is 11.3 Å². The number of allylic oxidation sites excluding steroid dienone is 5. The van der Waals surface area contributed by atoms with E-state index in [0.717, 1.165) is 33.4 Å². The summed E-state index contributed by atoms with van der Waals surface area (Å²) in [7, 11) is 0. The fraction of sp³-hybridized carbons (Fsp3) is 0.132. The highest BCUT2D eigenvalue weighted by molar-refractivity contribution is 5.85. The third-order valence-electron chi connectivity index (χ3n) is 7.87. The molecule has 1 N–H and O–H groups in total. The lowest BCUT2D eigenvalue weighted by atomic mass is 9.72. The van der Waals surface area contributed by atoms with Crippen LogP contribution in [-0.2, 0) is 23.1 Å². The molecule has 0 saturated heterocycles. The van der Waals surface area contributed by atoms with Crippen molar-refractivity contribution < 1.29 is 14.3 Å². The Morgan fingerprint density at radius 1 is 0.780 bits per heavy atom. The van der Waals surface area contributed by atoms with Crippen LogP contribution in [-0.4, -0.2) is 11.1 Å². The van der Waals surface area contributed by atoms with Gasteiger partial charge in [0.05, 0.1) is 11.3 Å².